The number of rotatable bonds is 2. The number of hydrogen-bond donors (Lipinski definition) is 1. The van der Waals surface area contributed by atoms with Crippen LogP contribution in [0.2, 0.25) is 0 Å². The van der Waals surface area contributed by atoms with Gasteiger partial charge in [0.1, 0.15) is 12.6 Å². The van der Waals surface area contributed by atoms with Crippen LogP contribution in [0.1, 0.15) is 44.9 Å². The molecule has 3 heteroatoms. The molecule has 1 N–H and O–H groups in total. The first-order valence-corrected chi connectivity index (χ1v) is 7.02. The van der Waals surface area contributed by atoms with Gasteiger partial charge in [-0.05, 0) is 32.1 Å². The van der Waals surface area contributed by atoms with Crippen molar-refractivity contribution in [1.29, 1.82) is 0 Å². The van der Waals surface area contributed by atoms with E-state index in [9.17, 15) is 0 Å². The summed E-state index contributed by atoms with van der Waals surface area (Å²) in [7, 11) is 0. The third-order valence-corrected chi connectivity index (χ3v) is 4.36. The first-order valence-electron chi connectivity index (χ1n) is 7.02. The molecule has 1 spiro atoms. The summed E-state index contributed by atoms with van der Waals surface area (Å²) in [6, 6.07) is 0. The minimum Gasteiger partial charge on any atom is -0.347 e. The van der Waals surface area contributed by atoms with Gasteiger partial charge in [0.2, 0.25) is 0 Å². The van der Waals surface area contributed by atoms with Gasteiger partial charge >= 0.3 is 0 Å². The van der Waals surface area contributed by atoms with E-state index in [2.05, 4.69) is 0 Å². The lowest BCUT2D eigenvalue weighted by molar-refractivity contribution is -0.907. The minimum atomic E-state index is -0.153. The number of ether oxygens (including phenoxy) is 2. The van der Waals surface area contributed by atoms with E-state index in [0.717, 1.165) is 19.4 Å². The van der Waals surface area contributed by atoms with E-state index >= 15 is 0 Å². The summed E-state index contributed by atoms with van der Waals surface area (Å²) in [6.45, 7) is 4.69. The second-order valence-electron chi connectivity index (χ2n) is 5.68. The van der Waals surface area contributed by atoms with Gasteiger partial charge in [-0.3, -0.25) is 0 Å². The Hall–Kier alpha value is -0.120. The van der Waals surface area contributed by atoms with Crippen LogP contribution in [0.5, 0.6) is 0 Å². The molecule has 2 aliphatic heterocycles. The molecule has 1 saturated carbocycles. The molecule has 0 unspecified atom stereocenters. The topological polar surface area (TPSA) is 22.9 Å². The Bertz CT molecular complexity index is 232. The fraction of sp³-hybridized carbons (Fsp3) is 1.00. The lowest BCUT2D eigenvalue weighted by atomic mass is 10.1. The van der Waals surface area contributed by atoms with Crippen LogP contribution >= 0.6 is 0 Å². The molecule has 0 amide bonds. The van der Waals surface area contributed by atoms with E-state index in [4.69, 9.17) is 9.47 Å². The molecule has 0 aromatic carbocycles. The monoisotopic (exact) mass is 226 g/mol. The van der Waals surface area contributed by atoms with Crippen molar-refractivity contribution in [3.05, 3.63) is 0 Å². The standard InChI is InChI=1S/C13H23NO2/c1-4-8-14(9-5-1)10-12-11-15-13(16-12)6-2-3-7-13/h12H,1-11H2/p+1/t12-/m1/s1. The molecule has 3 rings (SSSR count). The highest BCUT2D eigenvalue weighted by Gasteiger charge is 2.44. The van der Waals surface area contributed by atoms with E-state index in [1.807, 2.05) is 0 Å². The van der Waals surface area contributed by atoms with Crippen LogP contribution in [0.4, 0.5) is 0 Å². The zero-order valence-corrected chi connectivity index (χ0v) is 10.2. The molecule has 2 heterocycles. The Kier molecular flexibility index (Phi) is 3.18. The molecule has 0 aromatic heterocycles. The highest BCUT2D eigenvalue weighted by molar-refractivity contribution is 4.83. The molecule has 1 atom stereocenters. The van der Waals surface area contributed by atoms with E-state index in [1.54, 1.807) is 4.90 Å². The van der Waals surface area contributed by atoms with Crippen molar-refractivity contribution in [3.8, 4) is 0 Å². The Morgan fingerprint density at radius 2 is 1.75 bits per heavy atom. The number of piperidine rings is 1. The van der Waals surface area contributed by atoms with Gasteiger partial charge in [-0.15, -0.1) is 0 Å². The Balaban J connectivity index is 1.49. The smallest absolute Gasteiger partial charge is 0.169 e. The summed E-state index contributed by atoms with van der Waals surface area (Å²) in [6.07, 6.45) is 9.40. The normalized spacial score (nSPS) is 34.9. The van der Waals surface area contributed by atoms with Crippen molar-refractivity contribution in [3.63, 3.8) is 0 Å². The third-order valence-electron chi connectivity index (χ3n) is 4.36. The molecule has 16 heavy (non-hydrogen) atoms. The fourth-order valence-electron chi connectivity index (χ4n) is 3.47. The van der Waals surface area contributed by atoms with Crippen molar-refractivity contribution in [2.45, 2.75) is 56.8 Å². The highest BCUT2D eigenvalue weighted by atomic mass is 16.7. The molecule has 2 saturated heterocycles. The zero-order valence-electron chi connectivity index (χ0n) is 10.2. The fourth-order valence-corrected chi connectivity index (χ4v) is 3.47. The summed E-state index contributed by atoms with van der Waals surface area (Å²) < 4.78 is 12.1. The SMILES string of the molecule is C1CC[NH+](C[C@@H]2COC3(CCCC3)O2)CC1. The van der Waals surface area contributed by atoms with Crippen molar-refractivity contribution in [2.24, 2.45) is 0 Å². The molecule has 92 valence electrons. The average molecular weight is 226 g/mol. The summed E-state index contributed by atoms with van der Waals surface area (Å²) in [5.41, 5.74) is 0. The first kappa shape index (κ1) is 11.0. The first-order chi connectivity index (χ1) is 7.86. The zero-order chi connectivity index (χ0) is 10.8. The molecular formula is C13H24NO2+. The van der Waals surface area contributed by atoms with Crippen LogP contribution in [0.25, 0.3) is 0 Å². The Labute approximate surface area is 98.1 Å². The van der Waals surface area contributed by atoms with Gasteiger partial charge in [0.25, 0.3) is 0 Å². The lowest BCUT2D eigenvalue weighted by Crippen LogP contribution is -3.13. The molecule has 3 nitrogen and oxygen atoms in total. The van der Waals surface area contributed by atoms with Crippen LogP contribution in [-0.4, -0.2) is 38.1 Å². The van der Waals surface area contributed by atoms with E-state index in [0.29, 0.717) is 6.10 Å². The summed E-state index contributed by atoms with van der Waals surface area (Å²) in [5.74, 6) is -0.153. The van der Waals surface area contributed by atoms with E-state index in [1.165, 1.54) is 51.7 Å². The van der Waals surface area contributed by atoms with Gasteiger partial charge in [0.05, 0.1) is 19.7 Å². The van der Waals surface area contributed by atoms with Crippen molar-refractivity contribution in [2.75, 3.05) is 26.2 Å². The van der Waals surface area contributed by atoms with Gasteiger partial charge in [0.15, 0.2) is 5.79 Å². The largest absolute Gasteiger partial charge is 0.347 e. The van der Waals surface area contributed by atoms with Crippen LogP contribution < -0.4 is 4.90 Å². The van der Waals surface area contributed by atoms with Crippen LogP contribution in [0.3, 0.4) is 0 Å². The Morgan fingerprint density at radius 1 is 1.00 bits per heavy atom. The molecule has 0 radical (unpaired) electrons. The predicted molar refractivity (Wildman–Crippen MR) is 61.4 cm³/mol. The second-order valence-corrected chi connectivity index (χ2v) is 5.68. The second kappa shape index (κ2) is 4.63. The quantitative estimate of drug-likeness (QED) is 0.750. The summed E-state index contributed by atoms with van der Waals surface area (Å²) >= 11 is 0. The maximum Gasteiger partial charge on any atom is 0.169 e. The predicted octanol–water partition coefficient (Wildman–Crippen LogP) is 0.741. The summed E-state index contributed by atoms with van der Waals surface area (Å²) in [5, 5.41) is 0. The molecule has 3 fully saturated rings. The number of nitrogens with one attached hydrogen (secondary N) is 1. The van der Waals surface area contributed by atoms with Crippen LogP contribution in [0.15, 0.2) is 0 Å². The maximum atomic E-state index is 6.17. The molecule has 0 aromatic rings. The minimum absolute atomic E-state index is 0.153. The molecule has 3 aliphatic rings. The maximum absolute atomic E-state index is 6.17. The number of quaternary nitrogens is 1. The van der Waals surface area contributed by atoms with Crippen molar-refractivity contribution in [1.82, 2.24) is 0 Å². The van der Waals surface area contributed by atoms with Crippen molar-refractivity contribution < 1.29 is 14.4 Å². The van der Waals surface area contributed by atoms with E-state index < -0.39 is 0 Å². The lowest BCUT2D eigenvalue weighted by Gasteiger charge is -2.26. The highest BCUT2D eigenvalue weighted by Crippen LogP contribution is 2.38. The summed E-state index contributed by atoms with van der Waals surface area (Å²) in [4.78, 5) is 1.73. The third kappa shape index (κ3) is 2.27. The van der Waals surface area contributed by atoms with Crippen LogP contribution in [0, 0.1) is 0 Å². The molecule has 1 aliphatic carbocycles. The van der Waals surface area contributed by atoms with Gasteiger partial charge in [-0.1, -0.05) is 0 Å². The van der Waals surface area contributed by atoms with Gasteiger partial charge < -0.3 is 14.4 Å². The van der Waals surface area contributed by atoms with Crippen LogP contribution in [-0.2, 0) is 9.47 Å². The van der Waals surface area contributed by atoms with Gasteiger partial charge in [-0.2, -0.15) is 0 Å². The number of hydrogen-bond acceptors (Lipinski definition) is 2. The van der Waals surface area contributed by atoms with Gasteiger partial charge in [0, 0.05) is 12.8 Å². The molecular weight excluding hydrogens is 202 g/mol. The van der Waals surface area contributed by atoms with E-state index in [-0.39, 0.29) is 5.79 Å². The van der Waals surface area contributed by atoms with Crippen molar-refractivity contribution >= 4 is 0 Å². The molecule has 0 bridgehead atoms. The average Bonchev–Trinajstić information content (AvgIpc) is 2.92. The Morgan fingerprint density at radius 3 is 2.50 bits per heavy atom. The number of likely N-dealkylation sites (tertiary alicyclic amines) is 1. The van der Waals surface area contributed by atoms with Gasteiger partial charge in [-0.25, -0.2) is 0 Å².